The number of amides is 1. The number of nitrogens with two attached hydrogens (primary N) is 1. The molecule has 0 radical (unpaired) electrons. The second-order valence-electron chi connectivity index (χ2n) is 6.44. The SMILES string of the molecule is NC(CNC(=O)c1ccccc1NS(=O)(=O)c1cc(F)ccc1F)C1CC1. The Hall–Kier alpha value is -2.52. The Labute approximate surface area is 155 Å². The number of benzene rings is 2. The van der Waals surface area contributed by atoms with E-state index in [-0.39, 0.29) is 23.8 Å². The van der Waals surface area contributed by atoms with Crippen molar-refractivity contribution in [1.82, 2.24) is 5.32 Å². The Bertz CT molecular complexity index is 962. The van der Waals surface area contributed by atoms with Gasteiger partial charge in [0.15, 0.2) is 0 Å². The molecule has 1 saturated carbocycles. The lowest BCUT2D eigenvalue weighted by molar-refractivity contribution is 0.0951. The minimum absolute atomic E-state index is 0.0429. The molecular weight excluding hydrogens is 376 g/mol. The number of nitrogens with one attached hydrogen (secondary N) is 2. The molecule has 9 heteroatoms. The van der Waals surface area contributed by atoms with Gasteiger partial charge in [-0.3, -0.25) is 9.52 Å². The summed E-state index contributed by atoms with van der Waals surface area (Å²) in [6, 6.07) is 7.85. The van der Waals surface area contributed by atoms with Gasteiger partial charge in [0, 0.05) is 12.6 Å². The highest BCUT2D eigenvalue weighted by Crippen LogP contribution is 2.31. The van der Waals surface area contributed by atoms with Crippen LogP contribution in [0.3, 0.4) is 0 Å². The van der Waals surface area contributed by atoms with Crippen molar-refractivity contribution in [2.24, 2.45) is 11.7 Å². The second-order valence-corrected chi connectivity index (χ2v) is 8.09. The standard InChI is InChI=1S/C18H19F2N3O3S/c19-12-7-8-14(20)17(9-12)27(25,26)23-16-4-2-1-3-13(16)18(24)22-10-15(21)11-5-6-11/h1-4,7-9,11,15,23H,5-6,10,21H2,(H,22,24). The third-order valence-corrected chi connectivity index (χ3v) is 5.71. The quantitative estimate of drug-likeness (QED) is 0.669. The molecule has 0 spiro atoms. The molecule has 27 heavy (non-hydrogen) atoms. The molecule has 0 heterocycles. The molecule has 1 fully saturated rings. The number of sulfonamides is 1. The Morgan fingerprint density at radius 3 is 2.59 bits per heavy atom. The molecule has 1 amide bonds. The first-order valence-corrected chi connectivity index (χ1v) is 9.87. The van der Waals surface area contributed by atoms with Gasteiger partial charge in [0.25, 0.3) is 15.9 Å². The van der Waals surface area contributed by atoms with Gasteiger partial charge in [-0.05, 0) is 49.1 Å². The summed E-state index contributed by atoms with van der Waals surface area (Å²) in [5.74, 6) is -2.10. The number of hydrogen-bond donors (Lipinski definition) is 3. The predicted molar refractivity (Wildman–Crippen MR) is 96.6 cm³/mol. The monoisotopic (exact) mass is 395 g/mol. The van der Waals surface area contributed by atoms with Crippen LogP contribution in [0.1, 0.15) is 23.2 Å². The Morgan fingerprint density at radius 1 is 1.19 bits per heavy atom. The Balaban J connectivity index is 1.80. The van der Waals surface area contributed by atoms with Crippen LogP contribution in [0.15, 0.2) is 47.4 Å². The number of hydrogen-bond acceptors (Lipinski definition) is 4. The van der Waals surface area contributed by atoms with Crippen LogP contribution < -0.4 is 15.8 Å². The molecule has 0 saturated heterocycles. The second kappa shape index (κ2) is 7.61. The molecule has 2 aromatic rings. The highest BCUT2D eigenvalue weighted by Gasteiger charge is 2.29. The van der Waals surface area contributed by atoms with Crippen LogP contribution >= 0.6 is 0 Å². The topological polar surface area (TPSA) is 101 Å². The maximum absolute atomic E-state index is 13.8. The largest absolute Gasteiger partial charge is 0.350 e. The first kappa shape index (κ1) is 19.2. The molecule has 3 rings (SSSR count). The lowest BCUT2D eigenvalue weighted by Crippen LogP contribution is -2.38. The van der Waals surface area contributed by atoms with Gasteiger partial charge in [0.1, 0.15) is 16.5 Å². The summed E-state index contributed by atoms with van der Waals surface area (Å²) in [4.78, 5) is 11.6. The van der Waals surface area contributed by atoms with Gasteiger partial charge >= 0.3 is 0 Å². The van der Waals surface area contributed by atoms with Crippen LogP contribution in [0.4, 0.5) is 14.5 Å². The van der Waals surface area contributed by atoms with E-state index in [1.807, 2.05) is 0 Å². The lowest BCUT2D eigenvalue weighted by atomic mass is 10.1. The zero-order chi connectivity index (χ0) is 19.6. The molecular formula is C18H19F2N3O3S. The van der Waals surface area contributed by atoms with E-state index >= 15 is 0 Å². The maximum Gasteiger partial charge on any atom is 0.264 e. The van der Waals surface area contributed by atoms with E-state index in [0.29, 0.717) is 12.0 Å². The minimum Gasteiger partial charge on any atom is -0.350 e. The summed E-state index contributed by atoms with van der Waals surface area (Å²) < 4.78 is 54.2. The molecule has 2 aromatic carbocycles. The van der Waals surface area contributed by atoms with Crippen molar-refractivity contribution in [1.29, 1.82) is 0 Å². The zero-order valence-corrected chi connectivity index (χ0v) is 15.1. The van der Waals surface area contributed by atoms with Gasteiger partial charge in [0.2, 0.25) is 0 Å². The molecule has 144 valence electrons. The number of carbonyl (C=O) groups excluding carboxylic acids is 1. The Morgan fingerprint density at radius 2 is 1.89 bits per heavy atom. The van der Waals surface area contributed by atoms with E-state index in [2.05, 4.69) is 10.0 Å². The van der Waals surface area contributed by atoms with E-state index in [9.17, 15) is 22.0 Å². The molecule has 1 atom stereocenters. The van der Waals surface area contributed by atoms with Crippen molar-refractivity contribution >= 4 is 21.6 Å². The van der Waals surface area contributed by atoms with Crippen LogP contribution in [0, 0.1) is 17.6 Å². The molecule has 4 N–H and O–H groups in total. The molecule has 0 aromatic heterocycles. The smallest absolute Gasteiger partial charge is 0.264 e. The van der Waals surface area contributed by atoms with E-state index in [0.717, 1.165) is 25.0 Å². The average Bonchev–Trinajstić information content (AvgIpc) is 3.46. The summed E-state index contributed by atoms with van der Waals surface area (Å²) in [6.45, 7) is 0.267. The van der Waals surface area contributed by atoms with Crippen molar-refractivity contribution in [2.45, 2.75) is 23.8 Å². The van der Waals surface area contributed by atoms with Crippen molar-refractivity contribution in [3.63, 3.8) is 0 Å². The van der Waals surface area contributed by atoms with Crippen LogP contribution in [-0.2, 0) is 10.0 Å². The van der Waals surface area contributed by atoms with E-state index in [4.69, 9.17) is 5.73 Å². The third kappa shape index (κ3) is 4.61. The van der Waals surface area contributed by atoms with Gasteiger partial charge in [-0.2, -0.15) is 0 Å². The van der Waals surface area contributed by atoms with Crippen LogP contribution in [0.2, 0.25) is 0 Å². The summed E-state index contributed by atoms with van der Waals surface area (Å²) in [5.41, 5.74) is 5.96. The average molecular weight is 395 g/mol. The fraction of sp³-hybridized carbons (Fsp3) is 0.278. The number of rotatable bonds is 7. The fourth-order valence-electron chi connectivity index (χ4n) is 2.65. The summed E-state index contributed by atoms with van der Waals surface area (Å²) in [5, 5.41) is 2.67. The van der Waals surface area contributed by atoms with E-state index < -0.39 is 32.5 Å². The van der Waals surface area contributed by atoms with Gasteiger partial charge in [-0.15, -0.1) is 0 Å². The highest BCUT2D eigenvalue weighted by atomic mass is 32.2. The predicted octanol–water partition coefficient (Wildman–Crippen LogP) is 2.23. The van der Waals surface area contributed by atoms with Gasteiger partial charge < -0.3 is 11.1 Å². The van der Waals surface area contributed by atoms with Crippen molar-refractivity contribution in [2.75, 3.05) is 11.3 Å². The van der Waals surface area contributed by atoms with Gasteiger partial charge in [-0.1, -0.05) is 12.1 Å². The van der Waals surface area contributed by atoms with Crippen molar-refractivity contribution in [3.8, 4) is 0 Å². The normalized spacial score (nSPS) is 15.2. The Kier molecular flexibility index (Phi) is 5.43. The van der Waals surface area contributed by atoms with Crippen molar-refractivity contribution in [3.05, 3.63) is 59.7 Å². The number of halogens is 2. The van der Waals surface area contributed by atoms with Crippen LogP contribution in [0.5, 0.6) is 0 Å². The molecule has 6 nitrogen and oxygen atoms in total. The number of carbonyl (C=O) groups is 1. The van der Waals surface area contributed by atoms with E-state index in [1.54, 1.807) is 6.07 Å². The van der Waals surface area contributed by atoms with Crippen LogP contribution in [-0.4, -0.2) is 26.9 Å². The molecule has 1 aliphatic rings. The molecule has 1 unspecified atom stereocenters. The van der Waals surface area contributed by atoms with Crippen LogP contribution in [0.25, 0.3) is 0 Å². The number of para-hydroxylation sites is 1. The first-order chi connectivity index (χ1) is 12.8. The lowest BCUT2D eigenvalue weighted by Gasteiger charge is -2.15. The fourth-order valence-corrected chi connectivity index (χ4v) is 3.82. The third-order valence-electron chi connectivity index (χ3n) is 4.32. The van der Waals surface area contributed by atoms with Gasteiger partial charge in [-0.25, -0.2) is 17.2 Å². The molecule has 0 bridgehead atoms. The minimum atomic E-state index is -4.43. The first-order valence-electron chi connectivity index (χ1n) is 8.38. The van der Waals surface area contributed by atoms with Gasteiger partial charge in [0.05, 0.1) is 11.3 Å². The highest BCUT2D eigenvalue weighted by molar-refractivity contribution is 7.92. The van der Waals surface area contributed by atoms with Crippen molar-refractivity contribution < 1.29 is 22.0 Å². The summed E-state index contributed by atoms with van der Waals surface area (Å²) in [6.07, 6.45) is 2.07. The maximum atomic E-state index is 13.8. The number of anilines is 1. The van der Waals surface area contributed by atoms with E-state index in [1.165, 1.54) is 18.2 Å². The molecule has 1 aliphatic carbocycles. The zero-order valence-electron chi connectivity index (χ0n) is 14.3. The summed E-state index contributed by atoms with van der Waals surface area (Å²) in [7, 11) is -4.43. The summed E-state index contributed by atoms with van der Waals surface area (Å²) >= 11 is 0. The molecule has 0 aliphatic heterocycles.